The van der Waals surface area contributed by atoms with Gasteiger partial charge >= 0.3 is 5.97 Å². The maximum atomic E-state index is 14.1. The van der Waals surface area contributed by atoms with Crippen LogP contribution in [-0.4, -0.2) is 23.5 Å². The Kier molecular flexibility index (Phi) is 5.30. The summed E-state index contributed by atoms with van der Waals surface area (Å²) < 4.78 is 18.8. The van der Waals surface area contributed by atoms with Crippen LogP contribution in [0.5, 0.6) is 0 Å². The molecule has 0 amide bonds. The van der Waals surface area contributed by atoms with Crippen molar-refractivity contribution >= 4 is 17.3 Å². The zero-order chi connectivity index (χ0) is 16.1. The van der Waals surface area contributed by atoms with E-state index in [1.165, 1.54) is 0 Å². The number of benzene rings is 1. The van der Waals surface area contributed by atoms with Crippen LogP contribution < -0.4 is 5.32 Å². The van der Waals surface area contributed by atoms with Crippen molar-refractivity contribution in [1.29, 1.82) is 0 Å². The molecule has 1 N–H and O–H groups in total. The van der Waals surface area contributed by atoms with Crippen molar-refractivity contribution in [2.75, 3.05) is 11.9 Å². The number of carbonyl (C=O) groups excluding carboxylic acids is 1. The summed E-state index contributed by atoms with van der Waals surface area (Å²) in [6, 6.07) is 2.05. The molecule has 0 aliphatic heterocycles. The van der Waals surface area contributed by atoms with E-state index in [1.54, 1.807) is 6.92 Å². The maximum Gasteiger partial charge on any atom is 0.341 e. The van der Waals surface area contributed by atoms with E-state index in [1.807, 2.05) is 0 Å². The van der Waals surface area contributed by atoms with Crippen LogP contribution in [0.15, 0.2) is 12.1 Å². The Morgan fingerprint density at radius 1 is 1.41 bits per heavy atom. The van der Waals surface area contributed by atoms with Gasteiger partial charge in [-0.25, -0.2) is 9.18 Å². The topological polar surface area (TPSA) is 81.5 Å². The number of anilines is 1. The highest BCUT2D eigenvalue weighted by Crippen LogP contribution is 2.31. The number of rotatable bonds is 5. The Morgan fingerprint density at radius 2 is 2.09 bits per heavy atom. The van der Waals surface area contributed by atoms with Crippen molar-refractivity contribution in [3.63, 3.8) is 0 Å². The fourth-order valence-corrected chi connectivity index (χ4v) is 2.66. The molecule has 1 aliphatic carbocycles. The van der Waals surface area contributed by atoms with Crippen LogP contribution in [0, 0.1) is 15.9 Å². The lowest BCUT2D eigenvalue weighted by molar-refractivity contribution is -0.384. The van der Waals surface area contributed by atoms with Gasteiger partial charge in [-0.2, -0.15) is 0 Å². The summed E-state index contributed by atoms with van der Waals surface area (Å²) in [6.45, 7) is 1.66. The van der Waals surface area contributed by atoms with E-state index in [-0.39, 0.29) is 24.0 Å². The highest BCUT2D eigenvalue weighted by molar-refractivity contribution is 5.91. The Balaban J connectivity index is 2.30. The van der Waals surface area contributed by atoms with Crippen molar-refractivity contribution in [1.82, 2.24) is 0 Å². The van der Waals surface area contributed by atoms with Crippen LogP contribution in [-0.2, 0) is 4.74 Å². The third kappa shape index (κ3) is 3.72. The first-order valence-electron chi connectivity index (χ1n) is 7.44. The van der Waals surface area contributed by atoms with Crippen molar-refractivity contribution in [2.24, 2.45) is 0 Å². The normalized spacial score (nSPS) is 15.4. The molecule has 7 heteroatoms. The average molecular weight is 310 g/mol. The van der Waals surface area contributed by atoms with Gasteiger partial charge in [0, 0.05) is 18.2 Å². The summed E-state index contributed by atoms with van der Waals surface area (Å²) in [5.74, 6) is -1.71. The summed E-state index contributed by atoms with van der Waals surface area (Å²) >= 11 is 0. The predicted octanol–water partition coefficient (Wildman–Crippen LogP) is 3.66. The Morgan fingerprint density at radius 3 is 2.68 bits per heavy atom. The molecule has 22 heavy (non-hydrogen) atoms. The number of ether oxygens (including phenoxy) is 1. The number of nitro benzene ring substituents is 1. The number of nitrogens with one attached hydrogen (secondary N) is 1. The van der Waals surface area contributed by atoms with E-state index in [0.29, 0.717) is 0 Å². The quantitative estimate of drug-likeness (QED) is 0.510. The molecule has 2 rings (SSSR count). The third-order valence-electron chi connectivity index (χ3n) is 3.74. The van der Waals surface area contributed by atoms with E-state index < -0.39 is 22.3 Å². The minimum atomic E-state index is -0.896. The molecule has 6 nitrogen and oxygen atoms in total. The minimum Gasteiger partial charge on any atom is -0.462 e. The molecule has 0 aromatic heterocycles. The van der Waals surface area contributed by atoms with Gasteiger partial charge < -0.3 is 10.1 Å². The molecule has 0 bridgehead atoms. The van der Waals surface area contributed by atoms with Crippen LogP contribution in [0.2, 0.25) is 0 Å². The highest BCUT2D eigenvalue weighted by atomic mass is 19.1. The van der Waals surface area contributed by atoms with Crippen LogP contribution >= 0.6 is 0 Å². The molecule has 1 aromatic rings. The van der Waals surface area contributed by atoms with Crippen molar-refractivity contribution in [3.05, 3.63) is 33.6 Å². The molecular formula is C15H19FN2O4. The molecule has 120 valence electrons. The van der Waals surface area contributed by atoms with Gasteiger partial charge in [0.05, 0.1) is 11.5 Å². The molecule has 1 aromatic carbocycles. The van der Waals surface area contributed by atoms with E-state index in [4.69, 9.17) is 4.74 Å². The van der Waals surface area contributed by atoms with Gasteiger partial charge in [0.2, 0.25) is 0 Å². The predicted molar refractivity (Wildman–Crippen MR) is 79.5 cm³/mol. The molecule has 0 spiro atoms. The molecule has 0 radical (unpaired) electrons. The first-order chi connectivity index (χ1) is 10.5. The standard InChI is InChI=1S/C15H19FN2O4/c1-2-22-15(19)11-8-14(18(20)21)13(9-12(11)16)17-10-6-4-3-5-7-10/h8-10,17H,2-7H2,1H3. The molecule has 0 atom stereocenters. The molecule has 1 aliphatic rings. The first-order valence-corrected chi connectivity index (χ1v) is 7.44. The smallest absolute Gasteiger partial charge is 0.341 e. The van der Waals surface area contributed by atoms with Crippen LogP contribution in [0.1, 0.15) is 49.4 Å². The lowest BCUT2D eigenvalue weighted by Gasteiger charge is -2.23. The van der Waals surface area contributed by atoms with Gasteiger partial charge in [0.25, 0.3) is 5.69 Å². The second-order valence-corrected chi connectivity index (χ2v) is 5.31. The fourth-order valence-electron chi connectivity index (χ4n) is 2.66. The molecule has 1 fully saturated rings. The summed E-state index contributed by atoms with van der Waals surface area (Å²) in [5, 5.41) is 14.2. The van der Waals surface area contributed by atoms with Gasteiger partial charge in [0.15, 0.2) is 0 Å². The fraction of sp³-hybridized carbons (Fsp3) is 0.533. The second-order valence-electron chi connectivity index (χ2n) is 5.31. The SMILES string of the molecule is CCOC(=O)c1cc([N+](=O)[O-])c(NC2CCCCC2)cc1F. The second kappa shape index (κ2) is 7.20. The highest BCUT2D eigenvalue weighted by Gasteiger charge is 2.25. The monoisotopic (exact) mass is 310 g/mol. The number of nitro groups is 1. The van der Waals surface area contributed by atoms with E-state index in [0.717, 1.165) is 44.2 Å². The van der Waals surface area contributed by atoms with Gasteiger partial charge in [-0.1, -0.05) is 19.3 Å². The zero-order valence-electron chi connectivity index (χ0n) is 12.4. The third-order valence-corrected chi connectivity index (χ3v) is 3.74. The molecule has 0 saturated heterocycles. The molecular weight excluding hydrogens is 291 g/mol. The van der Waals surface area contributed by atoms with Crippen LogP contribution in [0.3, 0.4) is 0 Å². The van der Waals surface area contributed by atoms with Crippen LogP contribution in [0.25, 0.3) is 0 Å². The van der Waals surface area contributed by atoms with Gasteiger partial charge in [0.1, 0.15) is 17.1 Å². The summed E-state index contributed by atoms with van der Waals surface area (Å²) in [5.41, 5.74) is -0.611. The number of hydrogen-bond acceptors (Lipinski definition) is 5. The number of hydrogen-bond donors (Lipinski definition) is 1. The largest absolute Gasteiger partial charge is 0.462 e. The Bertz CT molecular complexity index is 571. The summed E-state index contributed by atoms with van der Waals surface area (Å²) in [4.78, 5) is 22.2. The Hall–Kier alpha value is -2.18. The molecule has 1 saturated carbocycles. The van der Waals surface area contributed by atoms with E-state index >= 15 is 0 Å². The van der Waals surface area contributed by atoms with Gasteiger partial charge in [-0.15, -0.1) is 0 Å². The maximum absolute atomic E-state index is 14.1. The lowest BCUT2D eigenvalue weighted by atomic mass is 9.95. The zero-order valence-corrected chi connectivity index (χ0v) is 12.4. The molecule has 0 unspecified atom stereocenters. The average Bonchev–Trinajstić information content (AvgIpc) is 2.48. The van der Waals surface area contributed by atoms with Crippen molar-refractivity contribution in [2.45, 2.75) is 45.1 Å². The summed E-state index contributed by atoms with van der Waals surface area (Å²) in [6.07, 6.45) is 5.05. The molecule has 0 heterocycles. The van der Waals surface area contributed by atoms with Crippen molar-refractivity contribution < 1.29 is 18.8 Å². The first kappa shape index (κ1) is 16.2. The Labute approximate surface area is 127 Å². The van der Waals surface area contributed by atoms with Crippen molar-refractivity contribution in [3.8, 4) is 0 Å². The lowest BCUT2D eigenvalue weighted by Crippen LogP contribution is -2.23. The van der Waals surface area contributed by atoms with Gasteiger partial charge in [-0.3, -0.25) is 10.1 Å². The number of carbonyl (C=O) groups is 1. The van der Waals surface area contributed by atoms with Gasteiger partial charge in [-0.05, 0) is 19.8 Å². The number of halogens is 1. The minimum absolute atomic E-state index is 0.0775. The van der Waals surface area contributed by atoms with Crippen LogP contribution in [0.4, 0.5) is 15.8 Å². The number of nitrogens with zero attached hydrogens (tertiary/aromatic N) is 1. The van der Waals surface area contributed by atoms with E-state index in [2.05, 4.69) is 5.32 Å². The summed E-state index contributed by atoms with van der Waals surface area (Å²) in [7, 11) is 0. The van der Waals surface area contributed by atoms with E-state index in [9.17, 15) is 19.3 Å². The number of esters is 1.